The van der Waals surface area contributed by atoms with E-state index in [-0.39, 0.29) is 17.9 Å². The number of halogens is 1. The van der Waals surface area contributed by atoms with E-state index in [1.807, 2.05) is 12.1 Å². The molecule has 0 fully saturated rings. The molecule has 0 saturated carbocycles. The van der Waals surface area contributed by atoms with Crippen molar-refractivity contribution in [3.63, 3.8) is 0 Å². The first kappa shape index (κ1) is 16.3. The van der Waals surface area contributed by atoms with Gasteiger partial charge in [0.25, 0.3) is 0 Å². The zero-order chi connectivity index (χ0) is 17.1. The lowest BCUT2D eigenvalue weighted by Crippen LogP contribution is -2.20. The summed E-state index contributed by atoms with van der Waals surface area (Å²) in [4.78, 5) is 24.2. The monoisotopic (exact) mass is 386 g/mol. The van der Waals surface area contributed by atoms with Crippen molar-refractivity contribution in [2.24, 2.45) is 0 Å². The fraction of sp³-hybridized carbons (Fsp3) is 0.111. The van der Waals surface area contributed by atoms with E-state index in [0.717, 1.165) is 10.2 Å². The van der Waals surface area contributed by atoms with Gasteiger partial charge in [0.1, 0.15) is 12.3 Å². The quantitative estimate of drug-likeness (QED) is 0.747. The Morgan fingerprint density at radius 3 is 2.62 bits per heavy atom. The maximum atomic E-state index is 12.3. The third-order valence-electron chi connectivity index (χ3n) is 3.63. The number of benzene rings is 2. The van der Waals surface area contributed by atoms with Crippen LogP contribution in [-0.2, 0) is 11.3 Å². The first-order chi connectivity index (χ1) is 11.6. The van der Waals surface area contributed by atoms with Gasteiger partial charge in [0, 0.05) is 27.8 Å². The summed E-state index contributed by atoms with van der Waals surface area (Å²) >= 11 is 3.40. The molecule has 0 unspecified atom stereocenters. The van der Waals surface area contributed by atoms with E-state index in [2.05, 4.69) is 21.2 Å². The third kappa shape index (κ3) is 3.49. The average molecular weight is 387 g/mol. The number of pyridine rings is 1. The van der Waals surface area contributed by atoms with E-state index >= 15 is 0 Å². The van der Waals surface area contributed by atoms with Crippen LogP contribution in [-0.4, -0.2) is 17.6 Å². The second-order valence-electron chi connectivity index (χ2n) is 5.25. The number of nitrogens with one attached hydrogen (secondary N) is 1. The molecule has 6 heteroatoms. The second-order valence-corrected chi connectivity index (χ2v) is 6.16. The van der Waals surface area contributed by atoms with Crippen LogP contribution >= 0.6 is 15.9 Å². The van der Waals surface area contributed by atoms with E-state index in [9.17, 15) is 9.59 Å². The summed E-state index contributed by atoms with van der Waals surface area (Å²) in [5, 5.41) is 3.41. The standard InChI is InChI=1S/C18H15BrN2O3/c1-24-14-5-3-13(4-6-14)20-18(23)11-21-9-8-17(22)15-7-2-12(19)10-16(15)21/h2-10H,11H2,1H3,(H,20,23). The van der Waals surface area contributed by atoms with Crippen LogP contribution < -0.4 is 15.5 Å². The van der Waals surface area contributed by atoms with Gasteiger partial charge in [-0.25, -0.2) is 0 Å². The first-order valence-electron chi connectivity index (χ1n) is 7.29. The van der Waals surface area contributed by atoms with Gasteiger partial charge < -0.3 is 14.6 Å². The molecule has 1 aromatic heterocycles. The van der Waals surface area contributed by atoms with E-state index in [1.54, 1.807) is 48.2 Å². The molecule has 1 amide bonds. The lowest BCUT2D eigenvalue weighted by Gasteiger charge is -2.11. The molecule has 0 aliphatic carbocycles. The zero-order valence-electron chi connectivity index (χ0n) is 13.0. The van der Waals surface area contributed by atoms with Gasteiger partial charge in [-0.2, -0.15) is 0 Å². The number of rotatable bonds is 4. The summed E-state index contributed by atoms with van der Waals surface area (Å²) in [6.45, 7) is 0.110. The number of carbonyl (C=O) groups is 1. The molecule has 2 aromatic carbocycles. The van der Waals surface area contributed by atoms with Gasteiger partial charge in [-0.15, -0.1) is 0 Å². The highest BCUT2D eigenvalue weighted by molar-refractivity contribution is 9.10. The van der Waals surface area contributed by atoms with Crippen LogP contribution in [0.4, 0.5) is 5.69 Å². The summed E-state index contributed by atoms with van der Waals surface area (Å²) in [7, 11) is 1.59. The Balaban J connectivity index is 1.83. The third-order valence-corrected chi connectivity index (χ3v) is 4.12. The minimum Gasteiger partial charge on any atom is -0.497 e. The molecule has 24 heavy (non-hydrogen) atoms. The van der Waals surface area contributed by atoms with Crippen molar-refractivity contribution in [3.05, 3.63) is 69.4 Å². The molecular weight excluding hydrogens is 372 g/mol. The van der Waals surface area contributed by atoms with E-state index < -0.39 is 0 Å². The Kier molecular flexibility index (Phi) is 4.66. The van der Waals surface area contributed by atoms with Crippen LogP contribution in [0.15, 0.2) is 64.0 Å². The second kappa shape index (κ2) is 6.88. The minimum absolute atomic E-state index is 0.0655. The SMILES string of the molecule is COc1ccc(NC(=O)Cn2ccc(=O)c3ccc(Br)cc32)cc1. The van der Waals surface area contributed by atoms with Crippen LogP contribution in [0, 0.1) is 0 Å². The maximum Gasteiger partial charge on any atom is 0.244 e. The molecule has 1 N–H and O–H groups in total. The fourth-order valence-corrected chi connectivity index (χ4v) is 2.79. The number of hydrogen-bond acceptors (Lipinski definition) is 3. The van der Waals surface area contributed by atoms with Gasteiger partial charge >= 0.3 is 0 Å². The highest BCUT2D eigenvalue weighted by Crippen LogP contribution is 2.18. The Morgan fingerprint density at radius 2 is 1.92 bits per heavy atom. The van der Waals surface area contributed by atoms with Crippen LogP contribution in [0.25, 0.3) is 10.9 Å². The summed E-state index contributed by atoms with van der Waals surface area (Å²) in [5.74, 6) is 0.550. The number of hydrogen-bond donors (Lipinski definition) is 1. The van der Waals surface area contributed by atoms with Crippen molar-refractivity contribution in [3.8, 4) is 5.75 Å². The van der Waals surface area contributed by atoms with Gasteiger partial charge in [0.05, 0.1) is 12.6 Å². The average Bonchev–Trinajstić information content (AvgIpc) is 2.58. The van der Waals surface area contributed by atoms with Gasteiger partial charge in [-0.05, 0) is 42.5 Å². The molecule has 0 aliphatic rings. The summed E-state index contributed by atoms with van der Waals surface area (Å²) in [6.07, 6.45) is 1.63. The fourth-order valence-electron chi connectivity index (χ4n) is 2.45. The van der Waals surface area contributed by atoms with Crippen LogP contribution in [0.5, 0.6) is 5.75 Å². The van der Waals surface area contributed by atoms with Crippen LogP contribution in [0.3, 0.4) is 0 Å². The lowest BCUT2D eigenvalue weighted by molar-refractivity contribution is -0.116. The van der Waals surface area contributed by atoms with Crippen LogP contribution in [0.1, 0.15) is 0 Å². The molecule has 0 spiro atoms. The number of methoxy groups -OCH3 is 1. The number of amides is 1. The van der Waals surface area contributed by atoms with Crippen molar-refractivity contribution in [1.82, 2.24) is 4.57 Å². The molecule has 3 rings (SSSR count). The van der Waals surface area contributed by atoms with Gasteiger partial charge in [-0.1, -0.05) is 15.9 Å². The largest absolute Gasteiger partial charge is 0.497 e. The Morgan fingerprint density at radius 1 is 1.17 bits per heavy atom. The Labute approximate surface area is 147 Å². The molecule has 0 atom stereocenters. The number of fused-ring (bicyclic) bond motifs is 1. The van der Waals surface area contributed by atoms with E-state index in [1.165, 1.54) is 6.07 Å². The predicted octanol–water partition coefficient (Wildman–Crippen LogP) is 3.41. The van der Waals surface area contributed by atoms with Crippen molar-refractivity contribution in [1.29, 1.82) is 0 Å². The number of nitrogens with zero attached hydrogens (tertiary/aromatic N) is 1. The summed E-state index contributed by atoms with van der Waals surface area (Å²) < 4.78 is 7.69. The molecule has 3 aromatic rings. The van der Waals surface area contributed by atoms with Gasteiger partial charge in [0.2, 0.25) is 5.91 Å². The topological polar surface area (TPSA) is 60.3 Å². The number of anilines is 1. The van der Waals surface area contributed by atoms with Crippen molar-refractivity contribution in [2.75, 3.05) is 12.4 Å². The zero-order valence-corrected chi connectivity index (χ0v) is 14.5. The lowest BCUT2D eigenvalue weighted by atomic mass is 10.2. The van der Waals surface area contributed by atoms with Crippen molar-refractivity contribution in [2.45, 2.75) is 6.54 Å². The summed E-state index contributed by atoms with van der Waals surface area (Å²) in [5.41, 5.74) is 1.33. The highest BCUT2D eigenvalue weighted by atomic mass is 79.9. The summed E-state index contributed by atoms with van der Waals surface area (Å²) in [6, 6.07) is 14.0. The predicted molar refractivity (Wildman–Crippen MR) is 97.5 cm³/mol. The molecule has 1 heterocycles. The maximum absolute atomic E-state index is 12.3. The molecule has 122 valence electrons. The molecule has 0 saturated heterocycles. The molecule has 0 aliphatic heterocycles. The normalized spacial score (nSPS) is 10.6. The molecule has 5 nitrogen and oxygen atoms in total. The molecular formula is C18H15BrN2O3. The molecule has 0 bridgehead atoms. The van der Waals surface area contributed by atoms with Gasteiger partial charge in [-0.3, -0.25) is 9.59 Å². The van der Waals surface area contributed by atoms with E-state index in [0.29, 0.717) is 16.6 Å². The Bertz CT molecular complexity index is 949. The van der Waals surface area contributed by atoms with E-state index in [4.69, 9.17) is 4.74 Å². The number of aromatic nitrogens is 1. The number of carbonyl (C=O) groups excluding carboxylic acids is 1. The smallest absolute Gasteiger partial charge is 0.244 e. The number of ether oxygens (including phenoxy) is 1. The Hall–Kier alpha value is -2.60. The first-order valence-corrected chi connectivity index (χ1v) is 8.09. The highest BCUT2D eigenvalue weighted by Gasteiger charge is 2.08. The van der Waals surface area contributed by atoms with Crippen molar-refractivity contribution < 1.29 is 9.53 Å². The van der Waals surface area contributed by atoms with Crippen molar-refractivity contribution >= 4 is 38.4 Å². The van der Waals surface area contributed by atoms with Crippen LogP contribution in [0.2, 0.25) is 0 Å². The molecule has 0 radical (unpaired) electrons. The minimum atomic E-state index is -0.176. The van der Waals surface area contributed by atoms with Gasteiger partial charge in [0.15, 0.2) is 5.43 Å².